The van der Waals surface area contributed by atoms with Gasteiger partial charge in [0.2, 0.25) is 0 Å². The van der Waals surface area contributed by atoms with Crippen molar-refractivity contribution in [1.82, 2.24) is 0 Å². The summed E-state index contributed by atoms with van der Waals surface area (Å²) in [6, 6.07) is 8.30. The van der Waals surface area contributed by atoms with Crippen LogP contribution < -0.4 is 4.74 Å². The van der Waals surface area contributed by atoms with E-state index >= 15 is 0 Å². The Labute approximate surface area is 110 Å². The minimum Gasteiger partial charge on any atom is -0.494 e. The normalized spacial score (nSPS) is 17.2. The highest BCUT2D eigenvalue weighted by Crippen LogP contribution is 2.35. The largest absolute Gasteiger partial charge is 0.494 e. The van der Waals surface area contributed by atoms with Gasteiger partial charge in [-0.15, -0.1) is 0 Å². The molecule has 0 atom stereocenters. The van der Waals surface area contributed by atoms with Crippen molar-refractivity contribution in [3.8, 4) is 5.75 Å². The van der Waals surface area contributed by atoms with Crippen molar-refractivity contribution < 1.29 is 9.84 Å². The Morgan fingerprint density at radius 2 is 1.94 bits per heavy atom. The lowest BCUT2D eigenvalue weighted by Gasteiger charge is -2.36. The van der Waals surface area contributed by atoms with Gasteiger partial charge in [-0.2, -0.15) is 0 Å². The quantitative estimate of drug-likeness (QED) is 0.745. The zero-order chi connectivity index (χ0) is 12.8. The third-order valence-electron chi connectivity index (χ3n) is 3.85. The van der Waals surface area contributed by atoms with Crippen molar-refractivity contribution in [1.29, 1.82) is 0 Å². The Bertz CT molecular complexity index is 352. The number of benzene rings is 1. The van der Waals surface area contributed by atoms with Crippen molar-refractivity contribution in [3.05, 3.63) is 29.8 Å². The maximum absolute atomic E-state index is 10.0. The molecule has 1 fully saturated rings. The lowest BCUT2D eigenvalue weighted by molar-refractivity contribution is -0.0397. The Kier molecular flexibility index (Phi) is 4.65. The van der Waals surface area contributed by atoms with Gasteiger partial charge in [0.15, 0.2) is 0 Å². The zero-order valence-electron chi connectivity index (χ0n) is 11.3. The number of unbranched alkanes of at least 4 members (excludes halogenated alkanes) is 1. The predicted octanol–water partition coefficient (Wildman–Crippen LogP) is 3.71. The fourth-order valence-corrected chi connectivity index (χ4v) is 2.30. The van der Waals surface area contributed by atoms with E-state index in [2.05, 4.69) is 19.1 Å². The monoisotopic (exact) mass is 248 g/mol. The molecule has 1 N–H and O–H groups in total. The Balaban J connectivity index is 1.76. The lowest BCUT2D eigenvalue weighted by Crippen LogP contribution is -2.36. The molecule has 0 amide bonds. The van der Waals surface area contributed by atoms with E-state index in [4.69, 9.17) is 4.74 Å². The summed E-state index contributed by atoms with van der Waals surface area (Å²) in [6.07, 6.45) is 7.26. The van der Waals surface area contributed by atoms with E-state index in [9.17, 15) is 5.11 Å². The van der Waals surface area contributed by atoms with Gasteiger partial charge in [0, 0.05) is 0 Å². The summed E-state index contributed by atoms with van der Waals surface area (Å²) in [5, 5.41) is 10.0. The molecule has 1 aliphatic carbocycles. The van der Waals surface area contributed by atoms with Crippen LogP contribution in [0, 0.1) is 0 Å². The number of hydrogen-bond donors (Lipinski definition) is 1. The molecule has 1 aliphatic rings. The number of ether oxygens (including phenoxy) is 1. The summed E-state index contributed by atoms with van der Waals surface area (Å²) in [4.78, 5) is 0. The van der Waals surface area contributed by atoms with Crippen LogP contribution >= 0.6 is 0 Å². The van der Waals surface area contributed by atoms with Crippen molar-refractivity contribution in [2.24, 2.45) is 0 Å². The van der Waals surface area contributed by atoms with Crippen LogP contribution in [0.15, 0.2) is 24.3 Å². The first-order chi connectivity index (χ1) is 8.72. The summed E-state index contributed by atoms with van der Waals surface area (Å²) < 4.78 is 5.63. The fraction of sp³-hybridized carbons (Fsp3) is 0.625. The van der Waals surface area contributed by atoms with Crippen LogP contribution in [0.4, 0.5) is 0 Å². The average Bonchev–Trinajstić information content (AvgIpc) is 2.36. The molecule has 0 aromatic heterocycles. The van der Waals surface area contributed by atoms with Gasteiger partial charge in [-0.1, -0.05) is 25.5 Å². The summed E-state index contributed by atoms with van der Waals surface area (Å²) in [6.45, 7) is 2.97. The van der Waals surface area contributed by atoms with Crippen LogP contribution in [-0.2, 0) is 6.42 Å². The highest BCUT2D eigenvalue weighted by Gasteiger charge is 2.33. The Morgan fingerprint density at radius 3 is 2.50 bits per heavy atom. The van der Waals surface area contributed by atoms with Crippen LogP contribution in [0.1, 0.15) is 51.0 Å². The van der Waals surface area contributed by atoms with Crippen LogP contribution in [0.3, 0.4) is 0 Å². The van der Waals surface area contributed by atoms with Crippen LogP contribution in [0.25, 0.3) is 0 Å². The van der Waals surface area contributed by atoms with Crippen LogP contribution in [-0.4, -0.2) is 17.3 Å². The molecule has 0 saturated heterocycles. The molecule has 2 heteroatoms. The van der Waals surface area contributed by atoms with Crippen molar-refractivity contribution in [3.63, 3.8) is 0 Å². The maximum Gasteiger partial charge on any atom is 0.119 e. The maximum atomic E-state index is 10.0. The van der Waals surface area contributed by atoms with E-state index in [-0.39, 0.29) is 5.60 Å². The van der Waals surface area contributed by atoms with E-state index in [1.165, 1.54) is 12.0 Å². The van der Waals surface area contributed by atoms with Gasteiger partial charge in [-0.05, 0) is 56.2 Å². The molecule has 100 valence electrons. The summed E-state index contributed by atoms with van der Waals surface area (Å²) in [5.74, 6) is 0.953. The molecule has 0 aliphatic heterocycles. The second-order valence-electron chi connectivity index (χ2n) is 5.42. The van der Waals surface area contributed by atoms with Gasteiger partial charge in [0.1, 0.15) is 5.75 Å². The van der Waals surface area contributed by atoms with Gasteiger partial charge < -0.3 is 9.84 Å². The van der Waals surface area contributed by atoms with Gasteiger partial charge in [-0.3, -0.25) is 0 Å². The minimum atomic E-state index is -0.365. The summed E-state index contributed by atoms with van der Waals surface area (Å²) >= 11 is 0. The summed E-state index contributed by atoms with van der Waals surface area (Å²) in [7, 11) is 0. The number of hydrogen-bond acceptors (Lipinski definition) is 2. The Morgan fingerprint density at radius 1 is 1.22 bits per heavy atom. The van der Waals surface area contributed by atoms with Crippen molar-refractivity contribution in [2.75, 3.05) is 6.61 Å². The third-order valence-corrected chi connectivity index (χ3v) is 3.85. The number of aryl methyl sites for hydroxylation is 1. The van der Waals surface area contributed by atoms with E-state index in [0.717, 1.165) is 50.9 Å². The zero-order valence-corrected chi connectivity index (χ0v) is 11.3. The second kappa shape index (κ2) is 6.24. The van der Waals surface area contributed by atoms with Gasteiger partial charge in [0.05, 0.1) is 12.2 Å². The smallest absolute Gasteiger partial charge is 0.119 e. The fourth-order valence-electron chi connectivity index (χ4n) is 2.30. The Hall–Kier alpha value is -1.02. The van der Waals surface area contributed by atoms with Gasteiger partial charge in [0.25, 0.3) is 0 Å². The van der Waals surface area contributed by atoms with E-state index in [0.29, 0.717) is 0 Å². The first-order valence-electron chi connectivity index (χ1n) is 7.16. The molecule has 0 heterocycles. The number of aliphatic hydroxyl groups is 1. The van der Waals surface area contributed by atoms with Gasteiger partial charge in [-0.25, -0.2) is 0 Å². The molecule has 0 bridgehead atoms. The topological polar surface area (TPSA) is 29.5 Å². The highest BCUT2D eigenvalue weighted by atomic mass is 16.5. The molecule has 1 saturated carbocycles. The number of rotatable bonds is 7. The average molecular weight is 248 g/mol. The van der Waals surface area contributed by atoms with Crippen molar-refractivity contribution in [2.45, 2.75) is 57.5 Å². The molecule has 0 radical (unpaired) electrons. The molecule has 0 unspecified atom stereocenters. The minimum absolute atomic E-state index is 0.365. The van der Waals surface area contributed by atoms with E-state index < -0.39 is 0 Å². The van der Waals surface area contributed by atoms with Crippen molar-refractivity contribution >= 4 is 0 Å². The predicted molar refractivity (Wildman–Crippen MR) is 74.0 cm³/mol. The first-order valence-corrected chi connectivity index (χ1v) is 7.16. The molecule has 2 rings (SSSR count). The standard InChI is InChI=1S/C16H24O2/c1-2-3-13-18-15-7-5-14(6-8-15)9-12-16(17)10-4-11-16/h5-8,17H,2-4,9-13H2,1H3. The summed E-state index contributed by atoms with van der Waals surface area (Å²) in [5.41, 5.74) is 0.925. The lowest BCUT2D eigenvalue weighted by atomic mass is 9.76. The molecule has 1 aromatic carbocycles. The van der Waals surface area contributed by atoms with Crippen LogP contribution in [0.5, 0.6) is 5.75 Å². The molecule has 1 aromatic rings. The third kappa shape index (κ3) is 3.74. The van der Waals surface area contributed by atoms with Crippen LogP contribution in [0.2, 0.25) is 0 Å². The highest BCUT2D eigenvalue weighted by molar-refractivity contribution is 5.27. The SMILES string of the molecule is CCCCOc1ccc(CCC2(O)CCC2)cc1. The molecule has 2 nitrogen and oxygen atoms in total. The van der Waals surface area contributed by atoms with Gasteiger partial charge >= 0.3 is 0 Å². The first kappa shape index (κ1) is 13.4. The molecule has 0 spiro atoms. The molecular weight excluding hydrogens is 224 g/mol. The molecule has 18 heavy (non-hydrogen) atoms. The van der Waals surface area contributed by atoms with E-state index in [1.807, 2.05) is 12.1 Å². The molecular formula is C16H24O2. The van der Waals surface area contributed by atoms with E-state index in [1.54, 1.807) is 0 Å². The second-order valence-corrected chi connectivity index (χ2v) is 5.42.